The van der Waals surface area contributed by atoms with Gasteiger partial charge < -0.3 is 4.74 Å². The van der Waals surface area contributed by atoms with Crippen LogP contribution in [0.4, 0.5) is 0 Å². The smallest absolute Gasteiger partial charge is 0.329 e. The van der Waals surface area contributed by atoms with Crippen molar-refractivity contribution in [3.63, 3.8) is 0 Å². The number of hydrogen-bond acceptors (Lipinski definition) is 3. The van der Waals surface area contributed by atoms with E-state index in [-0.39, 0.29) is 5.69 Å². The molecule has 0 N–H and O–H groups in total. The van der Waals surface area contributed by atoms with Gasteiger partial charge in [0.05, 0.1) is 12.8 Å². The molecule has 0 unspecified atom stereocenters. The molecule has 1 aromatic heterocycles. The maximum Gasteiger partial charge on any atom is 0.329 e. The van der Waals surface area contributed by atoms with Crippen molar-refractivity contribution in [2.45, 2.75) is 6.92 Å². The van der Waals surface area contributed by atoms with Gasteiger partial charge in [0.15, 0.2) is 0 Å². The lowest BCUT2D eigenvalue weighted by atomic mass is 10.0. The Kier molecular flexibility index (Phi) is 3.57. The Morgan fingerprint density at radius 2 is 1.84 bits per heavy atom. The molecular weight excluding hydrogens is 260 g/mol. The molecule has 2 rings (SSSR count). The molecule has 100 valence electrons. The van der Waals surface area contributed by atoms with Crippen molar-refractivity contribution in [1.29, 1.82) is 0 Å². The molecule has 2 aromatic rings. The molecule has 4 nitrogen and oxygen atoms in total. The summed E-state index contributed by atoms with van der Waals surface area (Å²) in [5, 5.41) is 0. The van der Waals surface area contributed by atoms with Crippen molar-refractivity contribution >= 4 is 12.2 Å². The molecule has 0 bridgehead atoms. The van der Waals surface area contributed by atoms with Crippen LogP contribution in [-0.4, -0.2) is 16.2 Å². The third-order valence-electron chi connectivity index (χ3n) is 3.24. The van der Waals surface area contributed by atoms with Gasteiger partial charge in [0.2, 0.25) is 0 Å². The van der Waals surface area contributed by atoms with Crippen molar-refractivity contribution < 1.29 is 4.74 Å². The van der Waals surface area contributed by atoms with Gasteiger partial charge in [-0.3, -0.25) is 9.13 Å². The average molecular weight is 276 g/mol. The number of hydrogen-bond donors (Lipinski definition) is 0. The first kappa shape index (κ1) is 13.5. The van der Waals surface area contributed by atoms with E-state index < -0.39 is 0 Å². The second-order valence-corrected chi connectivity index (χ2v) is 4.87. The molecule has 19 heavy (non-hydrogen) atoms. The SMILES string of the molecule is COc1ccc(-c2cc(=S)n(C)c(=O)n2C)c(C)c1. The van der Waals surface area contributed by atoms with Crippen LogP contribution >= 0.6 is 12.2 Å². The Bertz CT molecular complexity index is 744. The Balaban J connectivity index is 2.73. The number of methoxy groups -OCH3 is 1. The Labute approximate surface area is 116 Å². The third-order valence-corrected chi connectivity index (χ3v) is 3.63. The van der Waals surface area contributed by atoms with Gasteiger partial charge in [0.25, 0.3) is 0 Å². The summed E-state index contributed by atoms with van der Waals surface area (Å²) in [5.74, 6) is 0.798. The summed E-state index contributed by atoms with van der Waals surface area (Å²) in [4.78, 5) is 12.1. The van der Waals surface area contributed by atoms with Gasteiger partial charge in [-0.2, -0.15) is 0 Å². The van der Waals surface area contributed by atoms with Crippen molar-refractivity contribution in [1.82, 2.24) is 9.13 Å². The maximum atomic E-state index is 12.1. The fourth-order valence-electron chi connectivity index (χ4n) is 2.04. The predicted molar refractivity (Wildman–Crippen MR) is 78.2 cm³/mol. The highest BCUT2D eigenvalue weighted by Crippen LogP contribution is 2.25. The highest BCUT2D eigenvalue weighted by Gasteiger charge is 2.09. The summed E-state index contributed by atoms with van der Waals surface area (Å²) in [6, 6.07) is 7.60. The second-order valence-electron chi connectivity index (χ2n) is 4.45. The molecule has 0 spiro atoms. The summed E-state index contributed by atoms with van der Waals surface area (Å²) in [6.07, 6.45) is 0. The van der Waals surface area contributed by atoms with E-state index in [1.165, 1.54) is 4.57 Å². The topological polar surface area (TPSA) is 36.2 Å². The molecule has 0 aliphatic rings. The second kappa shape index (κ2) is 5.01. The quantitative estimate of drug-likeness (QED) is 0.790. The Morgan fingerprint density at radius 3 is 2.42 bits per heavy atom. The average Bonchev–Trinajstić information content (AvgIpc) is 2.41. The van der Waals surface area contributed by atoms with Crippen LogP contribution in [-0.2, 0) is 14.1 Å². The minimum absolute atomic E-state index is 0.127. The molecule has 5 heteroatoms. The number of nitrogens with zero attached hydrogens (tertiary/aromatic N) is 2. The van der Waals surface area contributed by atoms with Crippen LogP contribution in [0.5, 0.6) is 5.75 Å². The lowest BCUT2D eigenvalue weighted by Gasteiger charge is -2.13. The molecular formula is C14H16N2O2S. The minimum Gasteiger partial charge on any atom is -0.497 e. The van der Waals surface area contributed by atoms with Crippen molar-refractivity contribution in [2.24, 2.45) is 14.1 Å². The summed E-state index contributed by atoms with van der Waals surface area (Å²) < 4.78 is 8.77. The van der Waals surface area contributed by atoms with Gasteiger partial charge in [-0.1, -0.05) is 12.2 Å². The molecule has 0 fully saturated rings. The van der Waals surface area contributed by atoms with E-state index in [9.17, 15) is 4.79 Å². The van der Waals surface area contributed by atoms with Gasteiger partial charge in [-0.05, 0) is 36.8 Å². The lowest BCUT2D eigenvalue weighted by molar-refractivity contribution is 0.414. The molecule has 0 saturated carbocycles. The van der Waals surface area contributed by atoms with Crippen LogP contribution in [0.1, 0.15) is 5.56 Å². The molecule has 0 amide bonds. The van der Waals surface area contributed by atoms with Crippen molar-refractivity contribution in [3.05, 3.63) is 45.0 Å². The Morgan fingerprint density at radius 1 is 1.16 bits per heavy atom. The monoisotopic (exact) mass is 276 g/mol. The number of rotatable bonds is 2. The molecule has 0 radical (unpaired) electrons. The van der Waals surface area contributed by atoms with Crippen LogP contribution < -0.4 is 10.4 Å². The van der Waals surface area contributed by atoms with E-state index in [0.717, 1.165) is 22.6 Å². The van der Waals surface area contributed by atoms with Crippen LogP contribution in [0.15, 0.2) is 29.1 Å². The molecule has 0 saturated heterocycles. The zero-order valence-electron chi connectivity index (χ0n) is 11.4. The van der Waals surface area contributed by atoms with E-state index in [1.54, 1.807) is 25.8 Å². The Hall–Kier alpha value is -1.88. The highest BCUT2D eigenvalue weighted by atomic mass is 32.1. The zero-order valence-corrected chi connectivity index (χ0v) is 12.2. The molecule has 0 aliphatic heterocycles. The summed E-state index contributed by atoms with van der Waals surface area (Å²) in [6.45, 7) is 1.98. The highest BCUT2D eigenvalue weighted by molar-refractivity contribution is 7.71. The fraction of sp³-hybridized carbons (Fsp3) is 0.286. The first-order valence-electron chi connectivity index (χ1n) is 5.87. The van der Waals surface area contributed by atoms with Crippen LogP contribution in [0.3, 0.4) is 0 Å². The van der Waals surface area contributed by atoms with Gasteiger partial charge >= 0.3 is 5.69 Å². The number of aryl methyl sites for hydroxylation is 1. The maximum absolute atomic E-state index is 12.1. The van der Waals surface area contributed by atoms with E-state index in [0.29, 0.717) is 4.64 Å². The first-order valence-corrected chi connectivity index (χ1v) is 6.28. The van der Waals surface area contributed by atoms with E-state index in [1.807, 2.05) is 31.2 Å². The van der Waals surface area contributed by atoms with Crippen LogP contribution in [0.2, 0.25) is 0 Å². The minimum atomic E-state index is -0.127. The predicted octanol–water partition coefficient (Wildman–Crippen LogP) is 2.44. The summed E-state index contributed by atoms with van der Waals surface area (Å²) in [5.41, 5.74) is 2.70. The van der Waals surface area contributed by atoms with Crippen molar-refractivity contribution in [2.75, 3.05) is 7.11 Å². The fourth-order valence-corrected chi connectivity index (χ4v) is 2.23. The number of ether oxygens (including phenoxy) is 1. The van der Waals surface area contributed by atoms with Crippen molar-refractivity contribution in [3.8, 4) is 17.0 Å². The molecule has 0 atom stereocenters. The largest absolute Gasteiger partial charge is 0.497 e. The zero-order chi connectivity index (χ0) is 14.2. The molecule has 1 aromatic carbocycles. The summed E-state index contributed by atoms with van der Waals surface area (Å²) in [7, 11) is 5.06. The van der Waals surface area contributed by atoms with Crippen LogP contribution in [0, 0.1) is 11.6 Å². The van der Waals surface area contributed by atoms with Gasteiger partial charge in [0.1, 0.15) is 10.4 Å². The normalized spacial score (nSPS) is 10.5. The number of aromatic nitrogens is 2. The number of benzene rings is 1. The standard InChI is InChI=1S/C14H16N2O2S/c1-9-7-10(18-4)5-6-11(9)12-8-13(19)16(3)14(17)15(12)2/h5-8H,1-4H3. The first-order chi connectivity index (χ1) is 8.95. The molecule has 0 aliphatic carbocycles. The van der Waals surface area contributed by atoms with E-state index in [2.05, 4.69) is 0 Å². The molecule has 1 heterocycles. The van der Waals surface area contributed by atoms with Crippen LogP contribution in [0.25, 0.3) is 11.3 Å². The summed E-state index contributed by atoms with van der Waals surface area (Å²) >= 11 is 5.20. The van der Waals surface area contributed by atoms with Gasteiger partial charge in [-0.25, -0.2) is 4.79 Å². The van der Waals surface area contributed by atoms with E-state index >= 15 is 0 Å². The lowest BCUT2D eigenvalue weighted by Crippen LogP contribution is -2.28. The third kappa shape index (κ3) is 2.33. The van der Waals surface area contributed by atoms with Gasteiger partial charge in [0, 0.05) is 19.7 Å². The van der Waals surface area contributed by atoms with Gasteiger partial charge in [-0.15, -0.1) is 0 Å². The van der Waals surface area contributed by atoms with E-state index in [4.69, 9.17) is 17.0 Å².